The second kappa shape index (κ2) is 15.1. The van der Waals surface area contributed by atoms with Gasteiger partial charge in [0.1, 0.15) is 6.07 Å². The van der Waals surface area contributed by atoms with E-state index >= 15 is 0 Å². The number of rotatable bonds is 13. The highest BCUT2D eigenvalue weighted by atomic mass is 19.2. The van der Waals surface area contributed by atoms with Crippen LogP contribution in [0, 0.1) is 29.9 Å². The van der Waals surface area contributed by atoms with Gasteiger partial charge < -0.3 is 25.4 Å². The van der Waals surface area contributed by atoms with Gasteiger partial charge in [-0.15, -0.1) is 0 Å². The summed E-state index contributed by atoms with van der Waals surface area (Å²) in [5.74, 6) is -2.27. The summed E-state index contributed by atoms with van der Waals surface area (Å²) >= 11 is 0. The maximum absolute atomic E-state index is 15.0. The van der Waals surface area contributed by atoms with Crippen molar-refractivity contribution in [2.45, 2.75) is 32.7 Å². The number of aliphatic hydroxyl groups excluding tert-OH is 1. The number of aryl methyl sites for hydroxylation is 1. The number of carbonyl (C=O) groups excluding carboxylic acids is 1. The molecule has 1 saturated heterocycles. The Hall–Kier alpha value is -4.64. The molecule has 1 aliphatic rings. The summed E-state index contributed by atoms with van der Waals surface area (Å²) in [6.45, 7) is 8.33. The Labute approximate surface area is 266 Å². The minimum absolute atomic E-state index is 0.0175. The molecule has 1 atom stereocenters. The van der Waals surface area contributed by atoms with Gasteiger partial charge in [0.15, 0.2) is 29.6 Å². The second-order valence-corrected chi connectivity index (χ2v) is 11.2. The van der Waals surface area contributed by atoms with Crippen molar-refractivity contribution in [1.82, 2.24) is 29.5 Å². The first-order valence-corrected chi connectivity index (χ1v) is 15.4. The third-order valence-corrected chi connectivity index (χ3v) is 8.06. The highest BCUT2D eigenvalue weighted by molar-refractivity contribution is 5.96. The van der Waals surface area contributed by atoms with Crippen LogP contribution in [0.2, 0.25) is 0 Å². The van der Waals surface area contributed by atoms with Crippen LogP contribution in [0.3, 0.4) is 0 Å². The van der Waals surface area contributed by atoms with Crippen LogP contribution >= 0.6 is 0 Å². The predicted octanol–water partition coefficient (Wildman–Crippen LogP) is 4.14. The van der Waals surface area contributed by atoms with Gasteiger partial charge >= 0.3 is 0 Å². The van der Waals surface area contributed by atoms with Gasteiger partial charge in [-0.1, -0.05) is 6.92 Å². The lowest BCUT2D eigenvalue weighted by atomic mass is 10.1. The van der Waals surface area contributed by atoms with E-state index in [1.165, 1.54) is 24.5 Å². The second-order valence-electron chi connectivity index (χ2n) is 11.2. The van der Waals surface area contributed by atoms with E-state index in [4.69, 9.17) is 10.00 Å². The molecule has 4 aromatic rings. The predicted molar refractivity (Wildman–Crippen MR) is 170 cm³/mol. The topological polar surface area (TPSA) is 131 Å². The molecule has 2 aromatic heterocycles. The standard InChI is InChI=1S/C33H38F2N8O3/c1-3-10-37-24(8-17-44)21-41-13-15-42(16-14-41)33(45)25-5-4-23(19-22(25)2)40-31-32-39-20-27(43(32)12-11-38-31)26-6-7-28(46-18-9-36)30(35)29(26)34/h4-7,11-12,19-20,24,37,44H,3,8,10,13-18,21H2,1-2H3,(H,38,40)/t24-/m0/s1. The molecule has 0 saturated carbocycles. The zero-order valence-electron chi connectivity index (χ0n) is 26.0. The maximum atomic E-state index is 15.0. The number of ether oxygens (including phenoxy) is 1. The number of carbonyl (C=O) groups is 1. The van der Waals surface area contributed by atoms with Gasteiger partial charge in [-0.3, -0.25) is 14.1 Å². The highest BCUT2D eigenvalue weighted by Gasteiger charge is 2.25. The third-order valence-electron chi connectivity index (χ3n) is 8.06. The monoisotopic (exact) mass is 632 g/mol. The Morgan fingerprint density at radius 2 is 1.96 bits per heavy atom. The summed E-state index contributed by atoms with van der Waals surface area (Å²) in [5.41, 5.74) is 2.79. The van der Waals surface area contributed by atoms with Crippen molar-refractivity contribution in [2.75, 3.05) is 57.8 Å². The Bertz CT molecular complexity index is 1720. The van der Waals surface area contributed by atoms with Gasteiger partial charge in [0, 0.05) is 74.6 Å². The average molecular weight is 633 g/mol. The molecule has 3 heterocycles. The van der Waals surface area contributed by atoms with Crippen LogP contribution in [0.15, 0.2) is 48.9 Å². The number of halogens is 2. The number of amides is 1. The molecule has 0 unspecified atom stereocenters. The van der Waals surface area contributed by atoms with E-state index < -0.39 is 18.2 Å². The number of nitrogens with one attached hydrogen (secondary N) is 2. The van der Waals surface area contributed by atoms with Gasteiger partial charge in [0.2, 0.25) is 5.82 Å². The molecule has 242 valence electrons. The van der Waals surface area contributed by atoms with Crippen molar-refractivity contribution in [3.63, 3.8) is 0 Å². The minimum Gasteiger partial charge on any atom is -0.476 e. The van der Waals surface area contributed by atoms with Crippen molar-refractivity contribution < 1.29 is 23.4 Å². The number of imidazole rings is 1. The molecule has 0 bridgehead atoms. The van der Waals surface area contributed by atoms with Crippen molar-refractivity contribution in [2.24, 2.45) is 0 Å². The molecule has 2 aromatic carbocycles. The fraction of sp³-hybridized carbons (Fsp3) is 0.394. The summed E-state index contributed by atoms with van der Waals surface area (Å²) in [4.78, 5) is 26.5. The van der Waals surface area contributed by atoms with Crippen LogP contribution in [-0.4, -0.2) is 93.7 Å². The number of aliphatic hydroxyl groups is 1. The third kappa shape index (κ3) is 7.25. The van der Waals surface area contributed by atoms with E-state index in [0.29, 0.717) is 47.9 Å². The SMILES string of the molecule is CCCN[C@@H](CCO)CN1CCN(C(=O)c2ccc(Nc3nccn4c(-c5ccc(OCC#N)c(F)c5F)cnc34)cc2C)CC1. The van der Waals surface area contributed by atoms with Crippen molar-refractivity contribution in [3.8, 4) is 23.1 Å². The molecule has 1 aliphatic heterocycles. The number of fused-ring (bicyclic) bond motifs is 1. The Morgan fingerprint density at radius 3 is 2.67 bits per heavy atom. The summed E-state index contributed by atoms with van der Waals surface area (Å²) in [6, 6.07) is 10.1. The van der Waals surface area contributed by atoms with E-state index in [-0.39, 0.29) is 29.9 Å². The van der Waals surface area contributed by atoms with Gasteiger partial charge in [-0.05, 0) is 62.2 Å². The van der Waals surface area contributed by atoms with Crippen LogP contribution in [0.1, 0.15) is 35.7 Å². The Kier molecular flexibility index (Phi) is 10.7. The molecule has 5 rings (SSSR count). The fourth-order valence-electron chi connectivity index (χ4n) is 5.65. The number of hydrogen-bond acceptors (Lipinski definition) is 9. The van der Waals surface area contributed by atoms with Crippen molar-refractivity contribution in [1.29, 1.82) is 5.26 Å². The fourth-order valence-corrected chi connectivity index (χ4v) is 5.65. The number of hydrogen-bond donors (Lipinski definition) is 3. The molecule has 3 N–H and O–H groups in total. The number of anilines is 2. The lowest BCUT2D eigenvalue weighted by Crippen LogP contribution is -2.52. The number of nitrogens with zero attached hydrogens (tertiary/aromatic N) is 6. The van der Waals surface area contributed by atoms with E-state index in [0.717, 1.165) is 38.2 Å². The first-order valence-electron chi connectivity index (χ1n) is 15.4. The molecule has 1 fully saturated rings. The molecule has 0 radical (unpaired) electrons. The van der Waals surface area contributed by atoms with E-state index in [1.54, 1.807) is 28.8 Å². The molecule has 46 heavy (non-hydrogen) atoms. The molecule has 11 nitrogen and oxygen atoms in total. The molecule has 13 heteroatoms. The number of aromatic nitrogens is 3. The lowest BCUT2D eigenvalue weighted by Gasteiger charge is -2.37. The maximum Gasteiger partial charge on any atom is 0.254 e. The van der Waals surface area contributed by atoms with E-state index in [1.807, 2.05) is 17.9 Å². The molecule has 0 spiro atoms. The molecule has 1 amide bonds. The number of nitriles is 1. The summed E-state index contributed by atoms with van der Waals surface area (Å²) in [5, 5.41) is 24.8. The van der Waals surface area contributed by atoms with Gasteiger partial charge in [-0.25, -0.2) is 14.4 Å². The van der Waals surface area contributed by atoms with Gasteiger partial charge in [0.05, 0.1) is 11.9 Å². The van der Waals surface area contributed by atoms with Gasteiger partial charge in [0.25, 0.3) is 5.91 Å². The Morgan fingerprint density at radius 1 is 1.15 bits per heavy atom. The largest absolute Gasteiger partial charge is 0.476 e. The van der Waals surface area contributed by atoms with Gasteiger partial charge in [-0.2, -0.15) is 9.65 Å². The van der Waals surface area contributed by atoms with Crippen molar-refractivity contribution >= 4 is 23.1 Å². The quantitative estimate of drug-likeness (QED) is 0.199. The summed E-state index contributed by atoms with van der Waals surface area (Å²) in [6.07, 6.45) is 6.29. The Balaban J connectivity index is 1.26. The van der Waals surface area contributed by atoms with Crippen LogP contribution in [0.5, 0.6) is 5.75 Å². The van der Waals surface area contributed by atoms with Crippen LogP contribution in [-0.2, 0) is 0 Å². The van der Waals surface area contributed by atoms with Crippen LogP contribution < -0.4 is 15.4 Å². The van der Waals surface area contributed by atoms with E-state index in [9.17, 15) is 18.7 Å². The lowest BCUT2D eigenvalue weighted by molar-refractivity contribution is 0.0620. The zero-order valence-corrected chi connectivity index (χ0v) is 26.0. The first kappa shape index (κ1) is 32.7. The minimum atomic E-state index is -1.19. The van der Waals surface area contributed by atoms with Crippen molar-refractivity contribution in [3.05, 3.63) is 71.7 Å². The highest BCUT2D eigenvalue weighted by Crippen LogP contribution is 2.32. The van der Waals surface area contributed by atoms with E-state index in [2.05, 4.69) is 32.4 Å². The molecular weight excluding hydrogens is 594 g/mol. The average Bonchev–Trinajstić information content (AvgIpc) is 3.49. The molecular formula is C33H38F2N8O3. The normalized spacial score (nSPS) is 14.3. The zero-order chi connectivity index (χ0) is 32.6. The first-order chi connectivity index (χ1) is 22.3. The summed E-state index contributed by atoms with van der Waals surface area (Å²) in [7, 11) is 0. The number of benzene rings is 2. The summed E-state index contributed by atoms with van der Waals surface area (Å²) < 4.78 is 36.2. The van der Waals surface area contributed by atoms with Crippen LogP contribution in [0.4, 0.5) is 20.3 Å². The molecule has 0 aliphatic carbocycles. The smallest absolute Gasteiger partial charge is 0.254 e. The van der Waals surface area contributed by atoms with Crippen LogP contribution in [0.25, 0.3) is 16.9 Å². The number of piperazine rings is 1.